The molecule has 1 aliphatic heterocycles. The Hall–Kier alpha value is -1.26. The number of pyridine rings is 1. The van der Waals surface area contributed by atoms with Crippen LogP contribution in [-0.2, 0) is 19.5 Å². The molecule has 20 heavy (non-hydrogen) atoms. The van der Waals surface area contributed by atoms with Gasteiger partial charge in [-0.1, -0.05) is 0 Å². The van der Waals surface area contributed by atoms with E-state index in [2.05, 4.69) is 15.1 Å². The van der Waals surface area contributed by atoms with Gasteiger partial charge in [0, 0.05) is 39.1 Å². The van der Waals surface area contributed by atoms with Gasteiger partial charge in [0.2, 0.25) is 10.0 Å². The van der Waals surface area contributed by atoms with Crippen molar-refractivity contribution in [1.82, 2.24) is 9.71 Å². The Morgan fingerprint density at radius 1 is 1.60 bits per heavy atom. The van der Waals surface area contributed by atoms with Gasteiger partial charge in [-0.2, -0.15) is 0 Å². The van der Waals surface area contributed by atoms with Gasteiger partial charge in [0.25, 0.3) is 0 Å². The van der Waals surface area contributed by atoms with E-state index in [1.807, 2.05) is 0 Å². The number of sulfonamides is 1. The summed E-state index contributed by atoms with van der Waals surface area (Å²) in [5.74, 6) is 5.30. The largest absolute Gasteiger partial charge is 0.378 e. The fourth-order valence-electron chi connectivity index (χ4n) is 1.98. The quantitative estimate of drug-likeness (QED) is 0.477. The molecule has 1 aromatic heterocycles. The van der Waals surface area contributed by atoms with Crippen molar-refractivity contribution >= 4 is 15.7 Å². The standard InChI is InChI=1S/C11H18N4O4S/c1-18-11(3-5-19-8-11)7-14-20(16,17)10-6-13-4-2-9(10)15-12/h2,4,6,14H,3,5,7-8,12H2,1H3,(H,13,15). The molecule has 1 fully saturated rings. The molecule has 0 aromatic carbocycles. The van der Waals surface area contributed by atoms with Crippen molar-refractivity contribution < 1.29 is 17.9 Å². The summed E-state index contributed by atoms with van der Waals surface area (Å²) in [7, 11) is -2.19. The number of rotatable bonds is 6. The summed E-state index contributed by atoms with van der Waals surface area (Å²) in [5, 5.41) is 0. The number of aromatic nitrogens is 1. The highest BCUT2D eigenvalue weighted by atomic mass is 32.2. The van der Waals surface area contributed by atoms with Crippen LogP contribution in [-0.4, -0.2) is 45.9 Å². The van der Waals surface area contributed by atoms with E-state index in [1.54, 1.807) is 7.11 Å². The van der Waals surface area contributed by atoms with Gasteiger partial charge in [0.1, 0.15) is 10.5 Å². The number of nitrogens with zero attached hydrogens (tertiary/aromatic N) is 1. The summed E-state index contributed by atoms with van der Waals surface area (Å²) in [4.78, 5) is 3.80. The van der Waals surface area contributed by atoms with E-state index in [1.165, 1.54) is 18.5 Å². The molecule has 9 heteroatoms. The first-order chi connectivity index (χ1) is 9.53. The molecule has 0 bridgehead atoms. The fourth-order valence-corrected chi connectivity index (χ4v) is 3.20. The van der Waals surface area contributed by atoms with Crippen LogP contribution in [0, 0.1) is 0 Å². The minimum absolute atomic E-state index is 0.00679. The molecule has 0 saturated carbocycles. The molecule has 1 aliphatic rings. The predicted molar refractivity (Wildman–Crippen MR) is 72.4 cm³/mol. The Morgan fingerprint density at radius 3 is 3.00 bits per heavy atom. The second-order valence-electron chi connectivity index (χ2n) is 4.53. The zero-order chi connectivity index (χ0) is 14.6. The van der Waals surface area contributed by atoms with Gasteiger partial charge >= 0.3 is 0 Å². The normalized spacial score (nSPS) is 22.9. The van der Waals surface area contributed by atoms with Crippen LogP contribution in [0.25, 0.3) is 0 Å². The number of anilines is 1. The lowest BCUT2D eigenvalue weighted by Crippen LogP contribution is -2.45. The van der Waals surface area contributed by atoms with E-state index in [0.29, 0.717) is 19.6 Å². The van der Waals surface area contributed by atoms with Crippen LogP contribution < -0.4 is 16.0 Å². The Morgan fingerprint density at radius 2 is 2.40 bits per heavy atom. The molecule has 0 radical (unpaired) electrons. The summed E-state index contributed by atoms with van der Waals surface area (Å²) in [5.41, 5.74) is 2.00. The van der Waals surface area contributed by atoms with Crippen LogP contribution in [0.4, 0.5) is 5.69 Å². The van der Waals surface area contributed by atoms with Gasteiger partial charge in [-0.05, 0) is 6.07 Å². The van der Waals surface area contributed by atoms with Crippen molar-refractivity contribution in [2.75, 3.05) is 32.3 Å². The molecule has 0 amide bonds. The second kappa shape index (κ2) is 6.02. The fraction of sp³-hybridized carbons (Fsp3) is 0.545. The highest BCUT2D eigenvalue weighted by Gasteiger charge is 2.36. The maximum atomic E-state index is 12.3. The molecule has 4 N–H and O–H groups in total. The molecule has 0 spiro atoms. The monoisotopic (exact) mass is 302 g/mol. The lowest BCUT2D eigenvalue weighted by molar-refractivity contribution is -0.0120. The zero-order valence-corrected chi connectivity index (χ0v) is 11.9. The van der Waals surface area contributed by atoms with Crippen molar-refractivity contribution in [1.29, 1.82) is 0 Å². The van der Waals surface area contributed by atoms with Gasteiger partial charge in [-0.3, -0.25) is 10.8 Å². The van der Waals surface area contributed by atoms with E-state index in [-0.39, 0.29) is 17.1 Å². The number of nitrogens with one attached hydrogen (secondary N) is 2. The number of hydrogen-bond acceptors (Lipinski definition) is 7. The van der Waals surface area contributed by atoms with E-state index in [4.69, 9.17) is 15.3 Å². The molecule has 0 aliphatic carbocycles. The van der Waals surface area contributed by atoms with Crippen molar-refractivity contribution in [2.24, 2.45) is 5.84 Å². The smallest absolute Gasteiger partial charge is 0.244 e. The van der Waals surface area contributed by atoms with Crippen molar-refractivity contribution in [3.63, 3.8) is 0 Å². The van der Waals surface area contributed by atoms with Gasteiger partial charge < -0.3 is 14.9 Å². The summed E-state index contributed by atoms with van der Waals surface area (Å²) in [6, 6.07) is 1.49. The van der Waals surface area contributed by atoms with E-state index in [0.717, 1.165) is 0 Å². The number of ether oxygens (including phenoxy) is 2. The van der Waals surface area contributed by atoms with Gasteiger partial charge in [-0.15, -0.1) is 0 Å². The number of nitrogen functional groups attached to an aromatic ring is 1. The van der Waals surface area contributed by atoms with Crippen LogP contribution in [0.3, 0.4) is 0 Å². The van der Waals surface area contributed by atoms with Crippen LogP contribution in [0.2, 0.25) is 0 Å². The third-order valence-corrected chi connectivity index (χ3v) is 4.74. The molecule has 2 rings (SSSR count). The van der Waals surface area contributed by atoms with Crippen molar-refractivity contribution in [2.45, 2.75) is 16.9 Å². The molecule has 8 nitrogen and oxygen atoms in total. The third-order valence-electron chi connectivity index (χ3n) is 3.31. The first kappa shape index (κ1) is 15.1. The van der Waals surface area contributed by atoms with Gasteiger partial charge in [0.15, 0.2) is 0 Å². The van der Waals surface area contributed by atoms with Crippen LogP contribution in [0.5, 0.6) is 0 Å². The van der Waals surface area contributed by atoms with E-state index < -0.39 is 15.6 Å². The van der Waals surface area contributed by atoms with E-state index in [9.17, 15) is 8.42 Å². The van der Waals surface area contributed by atoms with Gasteiger partial charge in [0.05, 0.1) is 12.3 Å². The summed E-state index contributed by atoms with van der Waals surface area (Å²) >= 11 is 0. The highest BCUT2D eigenvalue weighted by Crippen LogP contribution is 2.23. The van der Waals surface area contributed by atoms with Crippen molar-refractivity contribution in [3.8, 4) is 0 Å². The molecule has 2 heterocycles. The number of hydrogen-bond donors (Lipinski definition) is 3. The van der Waals surface area contributed by atoms with Crippen LogP contribution >= 0.6 is 0 Å². The van der Waals surface area contributed by atoms with Crippen molar-refractivity contribution in [3.05, 3.63) is 18.5 Å². The second-order valence-corrected chi connectivity index (χ2v) is 6.27. The Kier molecular flexibility index (Phi) is 4.55. The predicted octanol–water partition coefficient (Wildman–Crippen LogP) is -0.549. The maximum absolute atomic E-state index is 12.3. The van der Waals surface area contributed by atoms with Gasteiger partial charge in [-0.25, -0.2) is 13.1 Å². The van der Waals surface area contributed by atoms with Crippen LogP contribution in [0.15, 0.2) is 23.4 Å². The molecular weight excluding hydrogens is 284 g/mol. The molecule has 1 aromatic rings. The summed E-state index contributed by atoms with van der Waals surface area (Å²) in [6.07, 6.45) is 3.33. The molecule has 1 unspecified atom stereocenters. The number of hydrazine groups is 1. The first-order valence-electron chi connectivity index (χ1n) is 6.06. The highest BCUT2D eigenvalue weighted by molar-refractivity contribution is 7.89. The average Bonchev–Trinajstić information content (AvgIpc) is 2.95. The lowest BCUT2D eigenvalue weighted by Gasteiger charge is -2.25. The SMILES string of the molecule is COC1(CNS(=O)(=O)c2cnccc2NN)CCOC1. The number of nitrogens with two attached hydrogens (primary N) is 1. The molecule has 1 atom stereocenters. The Balaban J connectivity index is 2.15. The maximum Gasteiger partial charge on any atom is 0.244 e. The molecule has 112 valence electrons. The molecular formula is C11H18N4O4S. The average molecular weight is 302 g/mol. The number of methoxy groups -OCH3 is 1. The summed E-state index contributed by atoms with van der Waals surface area (Å²) < 4.78 is 37.7. The topological polar surface area (TPSA) is 116 Å². The minimum Gasteiger partial charge on any atom is -0.378 e. The Bertz CT molecular complexity index is 557. The first-order valence-corrected chi connectivity index (χ1v) is 7.54. The Labute approximate surface area is 117 Å². The van der Waals surface area contributed by atoms with E-state index >= 15 is 0 Å². The third kappa shape index (κ3) is 3.07. The zero-order valence-electron chi connectivity index (χ0n) is 11.1. The minimum atomic E-state index is -3.73. The lowest BCUT2D eigenvalue weighted by atomic mass is 10.0. The summed E-state index contributed by atoms with van der Waals surface area (Å²) in [6.45, 7) is 1.05. The molecule has 1 saturated heterocycles. The van der Waals surface area contributed by atoms with Crippen LogP contribution in [0.1, 0.15) is 6.42 Å².